The van der Waals surface area contributed by atoms with E-state index >= 15 is 0 Å². The van der Waals surface area contributed by atoms with Crippen molar-refractivity contribution >= 4 is 45.0 Å². The fourth-order valence-electron chi connectivity index (χ4n) is 1.62. The summed E-state index contributed by atoms with van der Waals surface area (Å²) in [6.45, 7) is 0. The summed E-state index contributed by atoms with van der Waals surface area (Å²) in [6.07, 6.45) is 0. The van der Waals surface area contributed by atoms with Gasteiger partial charge in [0.2, 0.25) is 0 Å². The normalized spacial score (nSPS) is 11.2. The maximum Gasteiger partial charge on any atom is 0.255 e. The van der Waals surface area contributed by atoms with Crippen molar-refractivity contribution < 1.29 is 10.0 Å². The molecule has 4 N–H and O–H groups in total. The van der Waals surface area contributed by atoms with E-state index in [0.29, 0.717) is 26.3 Å². The number of hydrogen-bond donors (Lipinski definition) is 3. The van der Waals surface area contributed by atoms with Crippen LogP contribution in [0.1, 0.15) is 15.9 Å². The maximum atomic E-state index is 12.1. The van der Waals surface area contributed by atoms with Gasteiger partial charge >= 0.3 is 0 Å². The van der Waals surface area contributed by atoms with Crippen LogP contribution in [0.5, 0.6) is 0 Å². The van der Waals surface area contributed by atoms with Crippen molar-refractivity contribution in [1.82, 2.24) is 0 Å². The molecule has 7 heteroatoms. The number of carbonyl (C=O) groups is 1. The third kappa shape index (κ3) is 3.74. The average molecular weight is 369 g/mol. The molecule has 0 saturated carbocycles. The Morgan fingerprint density at radius 2 is 1.81 bits per heavy atom. The first-order chi connectivity index (χ1) is 10.0. The van der Waals surface area contributed by atoms with E-state index in [9.17, 15) is 4.79 Å². The van der Waals surface area contributed by atoms with Crippen molar-refractivity contribution in [3.05, 3.63) is 63.1 Å². The fraction of sp³-hybridized carbons (Fsp3) is 0. The van der Waals surface area contributed by atoms with Crippen molar-refractivity contribution in [2.45, 2.75) is 0 Å². The number of nitrogens with zero attached hydrogens (tertiary/aromatic N) is 1. The molecular formula is C14H11BrClN3O2. The van der Waals surface area contributed by atoms with Gasteiger partial charge in [-0.05, 0) is 58.4 Å². The molecule has 108 valence electrons. The number of nitrogens with two attached hydrogens (primary N) is 1. The molecule has 0 saturated heterocycles. The molecule has 0 unspecified atom stereocenters. The Labute approximate surface area is 134 Å². The standard InChI is InChI=1S/C14H11BrClN3O2/c15-11-7-9(3-6-12(11)16)14(20)18-10-4-1-8(2-5-10)13(17)19-21/h1-7,21H,(H2,17,19)(H,18,20). The number of halogens is 2. The van der Waals surface area contributed by atoms with Crippen molar-refractivity contribution in [2.75, 3.05) is 5.32 Å². The number of amidine groups is 1. The molecule has 2 aromatic carbocycles. The van der Waals surface area contributed by atoms with E-state index < -0.39 is 0 Å². The number of rotatable bonds is 3. The van der Waals surface area contributed by atoms with Crippen LogP contribution in [0.4, 0.5) is 5.69 Å². The molecule has 0 aliphatic rings. The molecular weight excluding hydrogens is 358 g/mol. The van der Waals surface area contributed by atoms with Gasteiger partial charge in [-0.25, -0.2) is 0 Å². The predicted octanol–water partition coefficient (Wildman–Crippen LogP) is 3.45. The van der Waals surface area contributed by atoms with Gasteiger partial charge in [0.25, 0.3) is 5.91 Å². The minimum absolute atomic E-state index is 0.00880. The van der Waals surface area contributed by atoms with Crippen molar-refractivity contribution in [1.29, 1.82) is 0 Å². The van der Waals surface area contributed by atoms with Gasteiger partial charge in [-0.3, -0.25) is 4.79 Å². The molecule has 1 amide bonds. The minimum atomic E-state index is -0.260. The van der Waals surface area contributed by atoms with Crippen LogP contribution < -0.4 is 11.1 Å². The van der Waals surface area contributed by atoms with E-state index in [4.69, 9.17) is 22.5 Å². The zero-order valence-corrected chi connectivity index (χ0v) is 13.0. The Balaban J connectivity index is 2.14. The van der Waals surface area contributed by atoms with E-state index in [0.717, 1.165) is 0 Å². The molecule has 0 aromatic heterocycles. The molecule has 0 aliphatic carbocycles. The summed E-state index contributed by atoms with van der Waals surface area (Å²) in [5, 5.41) is 14.8. The maximum absolute atomic E-state index is 12.1. The Kier molecular flexibility index (Phi) is 4.82. The van der Waals surface area contributed by atoms with Crippen LogP contribution in [0.25, 0.3) is 0 Å². The van der Waals surface area contributed by atoms with E-state index in [1.54, 1.807) is 42.5 Å². The zero-order valence-electron chi connectivity index (χ0n) is 10.7. The van der Waals surface area contributed by atoms with E-state index in [2.05, 4.69) is 26.4 Å². The molecule has 2 rings (SSSR count). The van der Waals surface area contributed by atoms with Crippen LogP contribution in [0.3, 0.4) is 0 Å². The Hall–Kier alpha value is -2.05. The summed E-state index contributed by atoms with van der Waals surface area (Å²) in [4.78, 5) is 12.1. The van der Waals surface area contributed by atoms with Gasteiger partial charge in [0, 0.05) is 21.3 Å². The number of benzene rings is 2. The van der Waals surface area contributed by atoms with Crippen LogP contribution >= 0.6 is 27.5 Å². The fourth-order valence-corrected chi connectivity index (χ4v) is 2.12. The monoisotopic (exact) mass is 367 g/mol. The Bertz CT molecular complexity index is 702. The lowest BCUT2D eigenvalue weighted by Gasteiger charge is -2.07. The molecule has 0 heterocycles. The van der Waals surface area contributed by atoms with Crippen LogP contribution in [0.2, 0.25) is 5.02 Å². The number of carbonyl (C=O) groups excluding carboxylic acids is 1. The molecule has 0 bridgehead atoms. The summed E-state index contributed by atoms with van der Waals surface area (Å²) in [5.74, 6) is -0.251. The lowest BCUT2D eigenvalue weighted by Crippen LogP contribution is -2.14. The van der Waals surface area contributed by atoms with Crippen molar-refractivity contribution in [2.24, 2.45) is 10.9 Å². The zero-order chi connectivity index (χ0) is 15.4. The second-order valence-corrected chi connectivity index (χ2v) is 5.41. The highest BCUT2D eigenvalue weighted by Gasteiger charge is 2.08. The average Bonchev–Trinajstić information content (AvgIpc) is 2.50. The van der Waals surface area contributed by atoms with Gasteiger partial charge in [0.15, 0.2) is 5.84 Å². The summed E-state index contributed by atoms with van der Waals surface area (Å²) in [7, 11) is 0. The SMILES string of the molecule is N/C(=N/O)c1ccc(NC(=O)c2ccc(Cl)c(Br)c2)cc1. The molecule has 5 nitrogen and oxygen atoms in total. The molecule has 2 aromatic rings. The smallest absolute Gasteiger partial charge is 0.255 e. The van der Waals surface area contributed by atoms with E-state index in [1.165, 1.54) is 0 Å². The van der Waals surface area contributed by atoms with Crippen molar-refractivity contribution in [3.8, 4) is 0 Å². The highest BCUT2D eigenvalue weighted by molar-refractivity contribution is 9.10. The number of anilines is 1. The van der Waals surface area contributed by atoms with Crippen molar-refractivity contribution in [3.63, 3.8) is 0 Å². The van der Waals surface area contributed by atoms with Crippen LogP contribution in [-0.4, -0.2) is 17.0 Å². The Morgan fingerprint density at radius 1 is 1.19 bits per heavy atom. The van der Waals surface area contributed by atoms with Gasteiger partial charge in [-0.1, -0.05) is 16.8 Å². The van der Waals surface area contributed by atoms with Crippen LogP contribution in [-0.2, 0) is 0 Å². The molecule has 0 radical (unpaired) electrons. The summed E-state index contributed by atoms with van der Waals surface area (Å²) >= 11 is 9.15. The van der Waals surface area contributed by atoms with Gasteiger partial charge in [-0.15, -0.1) is 0 Å². The van der Waals surface area contributed by atoms with Gasteiger partial charge in [-0.2, -0.15) is 0 Å². The molecule has 0 atom stereocenters. The molecule has 0 spiro atoms. The number of oxime groups is 1. The summed E-state index contributed by atoms with van der Waals surface area (Å²) in [6, 6.07) is 11.5. The number of nitrogens with one attached hydrogen (secondary N) is 1. The lowest BCUT2D eigenvalue weighted by atomic mass is 10.1. The highest BCUT2D eigenvalue weighted by atomic mass is 79.9. The molecule has 0 fully saturated rings. The second kappa shape index (κ2) is 6.60. The second-order valence-electron chi connectivity index (χ2n) is 4.15. The largest absolute Gasteiger partial charge is 0.409 e. The summed E-state index contributed by atoms with van der Waals surface area (Å²) in [5.41, 5.74) is 7.10. The minimum Gasteiger partial charge on any atom is -0.409 e. The van der Waals surface area contributed by atoms with E-state index in [-0.39, 0.29) is 11.7 Å². The first-order valence-corrected chi connectivity index (χ1v) is 7.02. The van der Waals surface area contributed by atoms with Crippen LogP contribution in [0.15, 0.2) is 52.1 Å². The molecule has 21 heavy (non-hydrogen) atoms. The first-order valence-electron chi connectivity index (χ1n) is 5.85. The van der Waals surface area contributed by atoms with Gasteiger partial charge in [0.05, 0.1) is 5.02 Å². The van der Waals surface area contributed by atoms with Crippen LogP contribution in [0, 0.1) is 0 Å². The van der Waals surface area contributed by atoms with Gasteiger partial charge in [0.1, 0.15) is 0 Å². The lowest BCUT2D eigenvalue weighted by molar-refractivity contribution is 0.102. The first kappa shape index (κ1) is 15.3. The third-order valence-corrected chi connectivity index (χ3v) is 3.94. The van der Waals surface area contributed by atoms with E-state index in [1.807, 2.05) is 0 Å². The topological polar surface area (TPSA) is 87.7 Å². The number of hydrogen-bond acceptors (Lipinski definition) is 3. The Morgan fingerprint density at radius 3 is 2.38 bits per heavy atom. The third-order valence-electron chi connectivity index (χ3n) is 2.73. The predicted molar refractivity (Wildman–Crippen MR) is 86.1 cm³/mol. The summed E-state index contributed by atoms with van der Waals surface area (Å²) < 4.78 is 0.652. The number of amides is 1. The molecule has 0 aliphatic heterocycles. The van der Waals surface area contributed by atoms with Gasteiger partial charge < -0.3 is 16.3 Å². The quantitative estimate of drug-likeness (QED) is 0.335. The highest BCUT2D eigenvalue weighted by Crippen LogP contribution is 2.23.